The van der Waals surface area contributed by atoms with Crippen LogP contribution in [0.5, 0.6) is 0 Å². The zero-order valence-electron chi connectivity index (χ0n) is 14.2. The van der Waals surface area contributed by atoms with Gasteiger partial charge >= 0.3 is 0 Å². The lowest BCUT2D eigenvalue weighted by molar-refractivity contribution is -0.135. The fourth-order valence-corrected chi connectivity index (χ4v) is 3.02. The summed E-state index contributed by atoms with van der Waals surface area (Å²) < 4.78 is 5.33. The van der Waals surface area contributed by atoms with E-state index in [1.807, 2.05) is 36.9 Å². The van der Waals surface area contributed by atoms with Crippen molar-refractivity contribution in [3.8, 4) is 0 Å². The molecule has 0 N–H and O–H groups in total. The van der Waals surface area contributed by atoms with Crippen molar-refractivity contribution in [3.05, 3.63) is 11.8 Å². The summed E-state index contributed by atoms with van der Waals surface area (Å²) in [5.74, 6) is 1.96. The van der Waals surface area contributed by atoms with Crippen LogP contribution in [-0.4, -0.2) is 74.3 Å². The fourth-order valence-electron chi connectivity index (χ4n) is 3.02. The largest absolute Gasteiger partial charge is 0.381 e. The molecule has 2 aliphatic rings. The summed E-state index contributed by atoms with van der Waals surface area (Å²) in [5.41, 5.74) is 0.959. The van der Waals surface area contributed by atoms with Gasteiger partial charge < -0.3 is 19.4 Å². The lowest BCUT2D eigenvalue weighted by Gasteiger charge is -2.36. The lowest BCUT2D eigenvalue weighted by atomic mass is 10.1. The van der Waals surface area contributed by atoms with E-state index in [-0.39, 0.29) is 11.8 Å². The SMILES string of the molecule is Cc1cc(N(C)C)nc(N2CCN(C(=O)C3CCOC3)CC2)n1. The average molecular weight is 319 g/mol. The number of anilines is 2. The first-order valence-corrected chi connectivity index (χ1v) is 8.19. The van der Waals surface area contributed by atoms with Gasteiger partial charge in [-0.25, -0.2) is 4.98 Å². The first-order valence-electron chi connectivity index (χ1n) is 8.19. The third-order valence-corrected chi connectivity index (χ3v) is 4.44. The van der Waals surface area contributed by atoms with Gasteiger partial charge in [-0.3, -0.25) is 4.79 Å². The first-order chi connectivity index (χ1) is 11.0. The monoisotopic (exact) mass is 319 g/mol. The Kier molecular flexibility index (Phi) is 4.66. The first kappa shape index (κ1) is 16.0. The molecule has 1 aromatic rings. The molecular formula is C16H25N5O2. The predicted octanol–water partition coefficient (Wildman–Crippen LogP) is 0.536. The molecule has 0 aromatic carbocycles. The minimum atomic E-state index is 0.0529. The summed E-state index contributed by atoms with van der Waals surface area (Å²) in [7, 11) is 3.96. The Morgan fingerprint density at radius 1 is 1.26 bits per heavy atom. The van der Waals surface area contributed by atoms with Crippen LogP contribution >= 0.6 is 0 Å². The molecule has 2 fully saturated rings. The molecule has 7 nitrogen and oxygen atoms in total. The Morgan fingerprint density at radius 2 is 2.00 bits per heavy atom. The maximum Gasteiger partial charge on any atom is 0.228 e. The third-order valence-electron chi connectivity index (χ3n) is 4.44. The number of aryl methyl sites for hydroxylation is 1. The molecule has 2 saturated heterocycles. The van der Waals surface area contributed by atoms with Gasteiger partial charge in [-0.05, 0) is 13.3 Å². The summed E-state index contributed by atoms with van der Waals surface area (Å²) in [5, 5.41) is 0. The second-order valence-corrected chi connectivity index (χ2v) is 6.43. The third kappa shape index (κ3) is 3.55. The smallest absolute Gasteiger partial charge is 0.228 e. The van der Waals surface area contributed by atoms with Crippen LogP contribution in [0.15, 0.2) is 6.07 Å². The Bertz CT molecular complexity index is 564. The molecule has 1 unspecified atom stereocenters. The molecular weight excluding hydrogens is 294 g/mol. The van der Waals surface area contributed by atoms with Gasteiger partial charge in [-0.2, -0.15) is 4.98 Å². The van der Waals surface area contributed by atoms with Gasteiger partial charge in [-0.15, -0.1) is 0 Å². The van der Waals surface area contributed by atoms with E-state index in [1.165, 1.54) is 0 Å². The maximum atomic E-state index is 12.4. The number of aromatic nitrogens is 2. The van der Waals surface area contributed by atoms with Gasteiger partial charge in [0.25, 0.3) is 0 Å². The number of rotatable bonds is 3. The summed E-state index contributed by atoms with van der Waals surface area (Å²) in [4.78, 5) is 27.7. The zero-order valence-corrected chi connectivity index (χ0v) is 14.2. The van der Waals surface area contributed by atoms with E-state index < -0.39 is 0 Å². The Morgan fingerprint density at radius 3 is 2.61 bits per heavy atom. The number of carbonyl (C=O) groups excluding carboxylic acids is 1. The van der Waals surface area contributed by atoms with Crippen LogP contribution in [-0.2, 0) is 9.53 Å². The zero-order chi connectivity index (χ0) is 16.4. The maximum absolute atomic E-state index is 12.4. The number of hydrogen-bond donors (Lipinski definition) is 0. The van der Waals surface area contributed by atoms with E-state index in [9.17, 15) is 4.79 Å². The number of piperazine rings is 1. The normalized spacial score (nSPS) is 21.6. The van der Waals surface area contributed by atoms with Gasteiger partial charge in [0.05, 0.1) is 12.5 Å². The summed E-state index contributed by atoms with van der Waals surface area (Å²) >= 11 is 0. The molecule has 3 rings (SSSR count). The van der Waals surface area contributed by atoms with Crippen LogP contribution in [0.25, 0.3) is 0 Å². The number of ether oxygens (including phenoxy) is 1. The van der Waals surface area contributed by atoms with Gasteiger partial charge in [-0.1, -0.05) is 0 Å². The van der Waals surface area contributed by atoms with E-state index in [0.717, 1.165) is 50.1 Å². The molecule has 23 heavy (non-hydrogen) atoms. The van der Waals surface area contributed by atoms with Gasteiger partial charge in [0, 0.05) is 58.6 Å². The van der Waals surface area contributed by atoms with Crippen molar-refractivity contribution in [2.24, 2.45) is 5.92 Å². The second-order valence-electron chi connectivity index (χ2n) is 6.43. The summed E-state index contributed by atoms with van der Waals surface area (Å²) in [6.45, 7) is 6.27. The molecule has 0 radical (unpaired) electrons. The van der Waals surface area contributed by atoms with Crippen LogP contribution in [0.1, 0.15) is 12.1 Å². The van der Waals surface area contributed by atoms with Crippen molar-refractivity contribution in [1.29, 1.82) is 0 Å². The quantitative estimate of drug-likeness (QED) is 0.810. The topological polar surface area (TPSA) is 61.8 Å². The molecule has 2 aliphatic heterocycles. The minimum Gasteiger partial charge on any atom is -0.381 e. The molecule has 1 atom stereocenters. The van der Waals surface area contributed by atoms with Crippen LogP contribution in [0.3, 0.4) is 0 Å². The van der Waals surface area contributed by atoms with Gasteiger partial charge in [0.15, 0.2) is 0 Å². The van der Waals surface area contributed by atoms with Crippen LogP contribution in [0.2, 0.25) is 0 Å². The lowest BCUT2D eigenvalue weighted by Crippen LogP contribution is -2.51. The number of hydrogen-bond acceptors (Lipinski definition) is 6. The van der Waals surface area contributed by atoms with Crippen LogP contribution in [0, 0.1) is 12.8 Å². The number of amides is 1. The highest BCUT2D eigenvalue weighted by Gasteiger charge is 2.30. The van der Waals surface area contributed by atoms with E-state index in [4.69, 9.17) is 4.74 Å². The van der Waals surface area contributed by atoms with E-state index in [1.54, 1.807) is 0 Å². The molecule has 126 valence electrons. The molecule has 1 amide bonds. The molecule has 0 bridgehead atoms. The van der Waals surface area contributed by atoms with Crippen molar-refractivity contribution >= 4 is 17.7 Å². The number of carbonyl (C=O) groups is 1. The Balaban J connectivity index is 1.63. The fraction of sp³-hybridized carbons (Fsp3) is 0.688. The Labute approximate surface area is 137 Å². The van der Waals surface area contributed by atoms with Crippen LogP contribution in [0.4, 0.5) is 11.8 Å². The summed E-state index contributed by atoms with van der Waals surface area (Å²) in [6, 6.07) is 1.98. The number of nitrogens with zero attached hydrogens (tertiary/aromatic N) is 5. The second kappa shape index (κ2) is 6.70. The van der Waals surface area contributed by atoms with Crippen molar-refractivity contribution < 1.29 is 9.53 Å². The molecule has 0 aliphatic carbocycles. The van der Waals surface area contributed by atoms with Crippen molar-refractivity contribution in [3.63, 3.8) is 0 Å². The van der Waals surface area contributed by atoms with Crippen molar-refractivity contribution in [2.45, 2.75) is 13.3 Å². The van der Waals surface area contributed by atoms with Gasteiger partial charge in [0.2, 0.25) is 11.9 Å². The molecule has 3 heterocycles. The molecule has 1 aromatic heterocycles. The summed E-state index contributed by atoms with van der Waals surface area (Å²) in [6.07, 6.45) is 0.853. The average Bonchev–Trinajstić information content (AvgIpc) is 3.08. The van der Waals surface area contributed by atoms with Crippen LogP contribution < -0.4 is 9.80 Å². The molecule has 7 heteroatoms. The predicted molar refractivity (Wildman–Crippen MR) is 88.8 cm³/mol. The van der Waals surface area contributed by atoms with E-state index in [2.05, 4.69) is 14.9 Å². The highest BCUT2D eigenvalue weighted by molar-refractivity contribution is 5.79. The van der Waals surface area contributed by atoms with Crippen molar-refractivity contribution in [1.82, 2.24) is 14.9 Å². The van der Waals surface area contributed by atoms with Gasteiger partial charge in [0.1, 0.15) is 5.82 Å². The highest BCUT2D eigenvalue weighted by atomic mass is 16.5. The standard InChI is InChI=1S/C16H25N5O2/c1-12-10-14(19(2)3)18-16(17-12)21-7-5-20(6-8-21)15(22)13-4-9-23-11-13/h10,13H,4-9,11H2,1-3H3. The Hall–Kier alpha value is -1.89. The van der Waals surface area contributed by atoms with Crippen molar-refractivity contribution in [2.75, 3.05) is 63.3 Å². The van der Waals surface area contributed by atoms with E-state index >= 15 is 0 Å². The minimum absolute atomic E-state index is 0.0529. The molecule has 0 spiro atoms. The molecule has 0 saturated carbocycles. The van der Waals surface area contributed by atoms with E-state index in [0.29, 0.717) is 13.2 Å². The highest BCUT2D eigenvalue weighted by Crippen LogP contribution is 2.20.